The van der Waals surface area contributed by atoms with E-state index in [0.717, 1.165) is 11.3 Å². The molecule has 0 unspecified atom stereocenters. The fourth-order valence-electron chi connectivity index (χ4n) is 1.03. The molecule has 15 heavy (non-hydrogen) atoms. The summed E-state index contributed by atoms with van der Waals surface area (Å²) in [5.74, 6) is -1.20. The molecule has 82 valence electrons. The van der Waals surface area contributed by atoms with Crippen LogP contribution in [0.5, 0.6) is 0 Å². The third-order valence-electron chi connectivity index (χ3n) is 1.76. The van der Waals surface area contributed by atoms with E-state index in [2.05, 4.69) is 10.3 Å². The number of hydrogen-bond donors (Lipinski definition) is 2. The molecule has 6 heteroatoms. The maximum Gasteiger partial charge on any atom is 0.347 e. The fourth-order valence-corrected chi connectivity index (χ4v) is 1.87. The lowest BCUT2D eigenvalue weighted by Gasteiger charge is -1.96. The lowest BCUT2D eigenvalue weighted by molar-refractivity contribution is 0.0701. The van der Waals surface area contributed by atoms with E-state index in [4.69, 9.17) is 5.11 Å². The van der Waals surface area contributed by atoms with E-state index in [1.165, 1.54) is 0 Å². The molecule has 2 N–H and O–H groups in total. The predicted molar refractivity (Wildman–Crippen MR) is 56.7 cm³/mol. The number of thiazole rings is 1. The molecule has 0 radical (unpaired) electrons. The van der Waals surface area contributed by atoms with Gasteiger partial charge >= 0.3 is 5.97 Å². The number of Topliss-reactive ketones (excluding diaryl/α,β-unsaturated/α-hetero) is 1. The number of hydrogen-bond acceptors (Lipinski definition) is 5. The molecule has 0 saturated carbocycles. The van der Waals surface area contributed by atoms with Gasteiger partial charge in [-0.15, -0.1) is 11.3 Å². The molecule has 1 rings (SSSR count). The molecular weight excluding hydrogens is 216 g/mol. The summed E-state index contributed by atoms with van der Waals surface area (Å²) in [5.41, 5.74) is 0.396. The highest BCUT2D eigenvalue weighted by molar-refractivity contribution is 7.15. The topological polar surface area (TPSA) is 79.3 Å². The van der Waals surface area contributed by atoms with Crippen LogP contribution in [-0.4, -0.2) is 34.9 Å². The minimum atomic E-state index is -1.03. The minimum Gasteiger partial charge on any atom is -0.477 e. The molecule has 0 aliphatic heterocycles. The van der Waals surface area contributed by atoms with Crippen LogP contribution in [0, 0.1) is 6.92 Å². The third-order valence-corrected chi connectivity index (χ3v) is 2.95. The number of ketones is 1. The summed E-state index contributed by atoms with van der Waals surface area (Å²) in [6.07, 6.45) is 0. The first-order chi connectivity index (χ1) is 7.06. The largest absolute Gasteiger partial charge is 0.477 e. The standard InChI is InChI=1S/C9H12N2O3S/c1-3-10-4-6(12)8-11-5(2)7(15-8)9(13)14/h10H,3-4H2,1-2H3,(H,13,14). The van der Waals surface area contributed by atoms with Gasteiger partial charge in [-0.1, -0.05) is 6.92 Å². The van der Waals surface area contributed by atoms with Crippen LogP contribution in [0.1, 0.15) is 32.1 Å². The zero-order valence-electron chi connectivity index (χ0n) is 8.53. The van der Waals surface area contributed by atoms with Gasteiger partial charge in [-0.2, -0.15) is 0 Å². The number of rotatable bonds is 5. The summed E-state index contributed by atoms with van der Waals surface area (Å²) in [6, 6.07) is 0. The number of carboxylic acid groups (broad SMARTS) is 1. The molecule has 0 fully saturated rings. The van der Waals surface area contributed by atoms with Gasteiger partial charge in [0.25, 0.3) is 0 Å². The Morgan fingerprint density at radius 3 is 2.67 bits per heavy atom. The van der Waals surface area contributed by atoms with E-state index in [1.54, 1.807) is 6.92 Å². The van der Waals surface area contributed by atoms with Crippen LogP contribution in [0.15, 0.2) is 0 Å². The number of nitrogens with one attached hydrogen (secondary N) is 1. The van der Waals surface area contributed by atoms with Crippen LogP contribution in [0.4, 0.5) is 0 Å². The van der Waals surface area contributed by atoms with Crippen molar-refractivity contribution in [2.45, 2.75) is 13.8 Å². The Hall–Kier alpha value is -1.27. The van der Waals surface area contributed by atoms with Gasteiger partial charge < -0.3 is 10.4 Å². The highest BCUT2D eigenvalue weighted by atomic mass is 32.1. The number of aromatic nitrogens is 1. The molecule has 1 aromatic heterocycles. The second kappa shape index (κ2) is 4.99. The highest BCUT2D eigenvalue weighted by Gasteiger charge is 2.17. The van der Waals surface area contributed by atoms with Crippen LogP contribution in [0.25, 0.3) is 0 Å². The second-order valence-electron chi connectivity index (χ2n) is 2.94. The molecule has 0 bridgehead atoms. The predicted octanol–water partition coefficient (Wildman–Crippen LogP) is 0.942. The van der Waals surface area contributed by atoms with Crippen molar-refractivity contribution in [3.05, 3.63) is 15.6 Å². The van der Waals surface area contributed by atoms with E-state index >= 15 is 0 Å². The number of aryl methyl sites for hydroxylation is 1. The average molecular weight is 228 g/mol. The molecule has 1 heterocycles. The summed E-state index contributed by atoms with van der Waals surface area (Å²) in [6.45, 7) is 4.37. The van der Waals surface area contributed by atoms with Gasteiger partial charge in [0.05, 0.1) is 12.2 Å². The monoisotopic (exact) mass is 228 g/mol. The summed E-state index contributed by atoms with van der Waals surface area (Å²) in [5, 5.41) is 11.9. The fraction of sp³-hybridized carbons (Fsp3) is 0.444. The Morgan fingerprint density at radius 1 is 1.53 bits per heavy atom. The maximum atomic E-state index is 11.5. The van der Waals surface area contributed by atoms with Gasteiger partial charge in [0.2, 0.25) is 5.78 Å². The molecule has 0 spiro atoms. The van der Waals surface area contributed by atoms with E-state index in [-0.39, 0.29) is 22.2 Å². The minimum absolute atomic E-state index is 0.134. The summed E-state index contributed by atoms with van der Waals surface area (Å²) in [4.78, 5) is 26.3. The van der Waals surface area contributed by atoms with Crippen molar-refractivity contribution in [1.82, 2.24) is 10.3 Å². The number of carbonyl (C=O) groups excluding carboxylic acids is 1. The normalized spacial score (nSPS) is 10.3. The molecule has 0 aliphatic rings. The van der Waals surface area contributed by atoms with Gasteiger partial charge in [-0.3, -0.25) is 4.79 Å². The van der Waals surface area contributed by atoms with Crippen molar-refractivity contribution in [3.63, 3.8) is 0 Å². The molecular formula is C9H12N2O3S. The van der Waals surface area contributed by atoms with Gasteiger partial charge in [0, 0.05) is 0 Å². The van der Waals surface area contributed by atoms with E-state index in [0.29, 0.717) is 12.2 Å². The SMILES string of the molecule is CCNCC(=O)c1nc(C)c(C(=O)O)s1. The van der Waals surface area contributed by atoms with Crippen molar-refractivity contribution in [3.8, 4) is 0 Å². The van der Waals surface area contributed by atoms with Gasteiger partial charge in [-0.25, -0.2) is 9.78 Å². The summed E-state index contributed by atoms with van der Waals surface area (Å²) >= 11 is 0.926. The van der Waals surface area contributed by atoms with Crippen LogP contribution in [0.3, 0.4) is 0 Å². The van der Waals surface area contributed by atoms with Crippen LogP contribution in [0.2, 0.25) is 0 Å². The van der Waals surface area contributed by atoms with Crippen molar-refractivity contribution in [2.75, 3.05) is 13.1 Å². The van der Waals surface area contributed by atoms with E-state index in [9.17, 15) is 9.59 Å². The summed E-state index contributed by atoms with van der Waals surface area (Å²) in [7, 11) is 0. The molecule has 0 amide bonds. The number of nitrogens with zero attached hydrogens (tertiary/aromatic N) is 1. The van der Waals surface area contributed by atoms with E-state index in [1.807, 2.05) is 6.92 Å². The van der Waals surface area contributed by atoms with Crippen LogP contribution >= 0.6 is 11.3 Å². The Bertz CT molecular complexity index is 387. The Labute approximate surface area is 91.1 Å². The number of aromatic carboxylic acids is 1. The van der Waals surface area contributed by atoms with Crippen LogP contribution < -0.4 is 5.32 Å². The average Bonchev–Trinajstić information content (AvgIpc) is 2.56. The zero-order valence-corrected chi connectivity index (χ0v) is 9.35. The maximum absolute atomic E-state index is 11.5. The van der Waals surface area contributed by atoms with Crippen molar-refractivity contribution in [2.24, 2.45) is 0 Å². The van der Waals surface area contributed by atoms with Gasteiger partial charge in [0.1, 0.15) is 4.88 Å². The lowest BCUT2D eigenvalue weighted by Crippen LogP contribution is -2.22. The van der Waals surface area contributed by atoms with Crippen molar-refractivity contribution in [1.29, 1.82) is 0 Å². The molecule has 5 nitrogen and oxygen atoms in total. The molecule has 0 aromatic carbocycles. The number of carboxylic acids is 1. The Balaban J connectivity index is 2.83. The van der Waals surface area contributed by atoms with Crippen molar-refractivity contribution < 1.29 is 14.7 Å². The highest BCUT2D eigenvalue weighted by Crippen LogP contribution is 2.18. The zero-order chi connectivity index (χ0) is 11.4. The van der Waals surface area contributed by atoms with Crippen molar-refractivity contribution >= 4 is 23.1 Å². The van der Waals surface area contributed by atoms with Gasteiger partial charge in [-0.05, 0) is 13.5 Å². The third kappa shape index (κ3) is 2.84. The summed E-state index contributed by atoms with van der Waals surface area (Å²) < 4.78 is 0. The number of likely N-dealkylation sites (N-methyl/N-ethyl adjacent to an activating group) is 1. The van der Waals surface area contributed by atoms with Gasteiger partial charge in [0.15, 0.2) is 5.01 Å². The Kier molecular flexibility index (Phi) is 3.93. The Morgan fingerprint density at radius 2 is 2.20 bits per heavy atom. The first kappa shape index (κ1) is 11.8. The van der Waals surface area contributed by atoms with Crippen LogP contribution in [-0.2, 0) is 0 Å². The smallest absolute Gasteiger partial charge is 0.347 e. The second-order valence-corrected chi connectivity index (χ2v) is 3.94. The molecule has 1 aromatic rings. The molecule has 0 aliphatic carbocycles. The first-order valence-electron chi connectivity index (χ1n) is 4.51. The quantitative estimate of drug-likeness (QED) is 0.733. The lowest BCUT2D eigenvalue weighted by atomic mass is 10.4. The first-order valence-corrected chi connectivity index (χ1v) is 5.32. The molecule has 0 atom stereocenters. The molecule has 0 saturated heterocycles. The number of carbonyl (C=O) groups is 2. The van der Waals surface area contributed by atoms with E-state index < -0.39 is 5.97 Å².